The standard InChI is InChI=1S/C28H27N3O3S/c1-16-6-4-8-24(29-16)31-28(33)25-17(2)30-21-14-19(18-9-11-20(34-3)12-10-18)15-22(32)26(21)27(25)23-7-5-13-35-23/h4-13,19,27,30H,14-15H2,1-3H3,(H,29,31,33)/t19-,27-/m0/s1. The Balaban J connectivity index is 1.50. The van der Waals surface area contributed by atoms with Crippen LogP contribution in [0.25, 0.3) is 0 Å². The van der Waals surface area contributed by atoms with Gasteiger partial charge in [-0.3, -0.25) is 9.59 Å². The number of aromatic nitrogens is 1. The van der Waals surface area contributed by atoms with Gasteiger partial charge in [0, 0.05) is 39.5 Å². The second kappa shape index (κ2) is 9.50. The molecule has 3 aromatic rings. The Labute approximate surface area is 208 Å². The summed E-state index contributed by atoms with van der Waals surface area (Å²) in [6.45, 7) is 3.79. The molecule has 1 aliphatic heterocycles. The first-order valence-corrected chi connectivity index (χ1v) is 12.5. The maximum atomic E-state index is 13.6. The van der Waals surface area contributed by atoms with Crippen molar-refractivity contribution in [2.75, 3.05) is 12.4 Å². The number of Topliss-reactive ketones (excluding diaryl/α,β-unsaturated/α-hetero) is 1. The normalized spacial score (nSPS) is 19.8. The molecule has 0 bridgehead atoms. The summed E-state index contributed by atoms with van der Waals surface area (Å²) in [7, 11) is 1.64. The Morgan fingerprint density at radius 2 is 1.89 bits per heavy atom. The first-order chi connectivity index (χ1) is 16.9. The molecule has 0 radical (unpaired) electrons. The molecule has 3 heterocycles. The first-order valence-electron chi connectivity index (χ1n) is 11.6. The smallest absolute Gasteiger partial charge is 0.255 e. The summed E-state index contributed by atoms with van der Waals surface area (Å²) in [5.74, 6) is 0.785. The van der Waals surface area contributed by atoms with E-state index in [1.165, 1.54) is 0 Å². The summed E-state index contributed by atoms with van der Waals surface area (Å²) in [6.07, 6.45) is 1.11. The summed E-state index contributed by atoms with van der Waals surface area (Å²) in [5.41, 5.74) is 4.85. The molecular formula is C28H27N3O3S. The minimum absolute atomic E-state index is 0.0725. The number of amides is 1. The highest BCUT2D eigenvalue weighted by Crippen LogP contribution is 2.46. The number of aryl methyl sites for hydroxylation is 1. The van der Waals surface area contributed by atoms with Crippen LogP contribution < -0.4 is 15.4 Å². The number of rotatable bonds is 5. The fourth-order valence-electron chi connectivity index (χ4n) is 4.99. The first kappa shape index (κ1) is 23.1. The van der Waals surface area contributed by atoms with Gasteiger partial charge in [0.15, 0.2) is 5.78 Å². The van der Waals surface area contributed by atoms with Crippen molar-refractivity contribution in [3.05, 3.63) is 98.7 Å². The topological polar surface area (TPSA) is 80.3 Å². The van der Waals surface area contributed by atoms with Gasteiger partial charge >= 0.3 is 0 Å². The van der Waals surface area contributed by atoms with E-state index in [9.17, 15) is 9.59 Å². The quantitative estimate of drug-likeness (QED) is 0.502. The molecule has 0 unspecified atom stereocenters. The van der Waals surface area contributed by atoms with Crippen LogP contribution in [-0.2, 0) is 9.59 Å². The summed E-state index contributed by atoms with van der Waals surface area (Å²) >= 11 is 1.56. The van der Waals surface area contributed by atoms with Crippen LogP contribution in [0, 0.1) is 6.92 Å². The van der Waals surface area contributed by atoms with Gasteiger partial charge in [0.1, 0.15) is 11.6 Å². The molecule has 1 amide bonds. The molecule has 6 nitrogen and oxygen atoms in total. The van der Waals surface area contributed by atoms with Gasteiger partial charge in [-0.05, 0) is 67.5 Å². The zero-order valence-electron chi connectivity index (χ0n) is 19.9. The number of nitrogens with one attached hydrogen (secondary N) is 2. The number of ketones is 1. The highest BCUT2D eigenvalue weighted by atomic mass is 32.1. The predicted molar refractivity (Wildman–Crippen MR) is 138 cm³/mol. The lowest BCUT2D eigenvalue weighted by Crippen LogP contribution is -2.36. The van der Waals surface area contributed by atoms with Gasteiger partial charge in [-0.2, -0.15) is 0 Å². The highest BCUT2D eigenvalue weighted by Gasteiger charge is 2.41. The maximum Gasteiger partial charge on any atom is 0.255 e. The van der Waals surface area contributed by atoms with E-state index < -0.39 is 5.92 Å². The van der Waals surface area contributed by atoms with Crippen LogP contribution in [0.5, 0.6) is 5.75 Å². The van der Waals surface area contributed by atoms with Gasteiger partial charge in [-0.1, -0.05) is 24.3 Å². The second-order valence-corrected chi connectivity index (χ2v) is 9.90. The van der Waals surface area contributed by atoms with E-state index in [1.54, 1.807) is 24.5 Å². The Hall–Kier alpha value is -3.71. The van der Waals surface area contributed by atoms with Crippen molar-refractivity contribution in [3.8, 4) is 5.75 Å². The molecule has 2 aliphatic rings. The van der Waals surface area contributed by atoms with E-state index in [-0.39, 0.29) is 17.6 Å². The van der Waals surface area contributed by atoms with Gasteiger partial charge < -0.3 is 15.4 Å². The van der Waals surface area contributed by atoms with Gasteiger partial charge in [-0.15, -0.1) is 11.3 Å². The van der Waals surface area contributed by atoms with Crippen molar-refractivity contribution in [3.63, 3.8) is 0 Å². The van der Waals surface area contributed by atoms with Crippen molar-refractivity contribution >= 4 is 28.8 Å². The SMILES string of the molecule is COc1ccc([C@@H]2CC(=O)C3=C(C2)NC(C)=C(C(=O)Nc2cccc(C)n2)[C@@H]3c2cccs2)cc1. The zero-order chi connectivity index (χ0) is 24.5. The average Bonchev–Trinajstić information content (AvgIpc) is 3.38. The van der Waals surface area contributed by atoms with Gasteiger partial charge in [0.25, 0.3) is 5.91 Å². The molecule has 0 fully saturated rings. The zero-order valence-corrected chi connectivity index (χ0v) is 20.7. The van der Waals surface area contributed by atoms with Gasteiger partial charge in [0.05, 0.1) is 13.0 Å². The monoisotopic (exact) mass is 485 g/mol. The number of thiophene rings is 1. The van der Waals surface area contributed by atoms with Crippen LogP contribution in [0.3, 0.4) is 0 Å². The second-order valence-electron chi connectivity index (χ2n) is 8.92. The molecule has 1 aromatic carbocycles. The number of pyridine rings is 1. The lowest BCUT2D eigenvalue weighted by atomic mass is 9.73. The number of nitrogens with zero attached hydrogens (tertiary/aromatic N) is 1. The molecule has 2 N–H and O–H groups in total. The van der Waals surface area contributed by atoms with E-state index in [0.717, 1.165) is 33.3 Å². The molecule has 5 rings (SSSR count). The molecule has 0 saturated heterocycles. The van der Waals surface area contributed by atoms with E-state index in [4.69, 9.17) is 4.74 Å². The minimum atomic E-state index is -0.402. The third kappa shape index (κ3) is 4.51. The minimum Gasteiger partial charge on any atom is -0.497 e. The number of methoxy groups -OCH3 is 1. The van der Waals surface area contributed by atoms with E-state index in [2.05, 4.69) is 15.6 Å². The number of dihydropyridines is 1. The summed E-state index contributed by atoms with van der Waals surface area (Å²) < 4.78 is 5.28. The van der Waals surface area contributed by atoms with Crippen molar-refractivity contribution in [1.82, 2.24) is 10.3 Å². The Kier molecular flexibility index (Phi) is 6.26. The van der Waals surface area contributed by atoms with Crippen molar-refractivity contribution < 1.29 is 14.3 Å². The van der Waals surface area contributed by atoms with Crippen molar-refractivity contribution in [1.29, 1.82) is 0 Å². The molecule has 0 saturated carbocycles. The lowest BCUT2D eigenvalue weighted by molar-refractivity contribution is -0.116. The molecule has 0 spiro atoms. The fraction of sp³-hybridized carbons (Fsp3) is 0.250. The summed E-state index contributed by atoms with van der Waals surface area (Å²) in [5, 5.41) is 8.35. The van der Waals surface area contributed by atoms with E-state index >= 15 is 0 Å². The largest absolute Gasteiger partial charge is 0.497 e. The Bertz CT molecular complexity index is 1340. The molecule has 1 aliphatic carbocycles. The molecule has 2 atom stereocenters. The average molecular weight is 486 g/mol. The van der Waals surface area contributed by atoms with Crippen molar-refractivity contribution in [2.45, 2.75) is 38.5 Å². The van der Waals surface area contributed by atoms with Crippen molar-refractivity contribution in [2.24, 2.45) is 0 Å². The number of carbonyl (C=O) groups is 2. The van der Waals surface area contributed by atoms with Crippen LogP contribution >= 0.6 is 11.3 Å². The molecular weight excluding hydrogens is 458 g/mol. The predicted octanol–water partition coefficient (Wildman–Crippen LogP) is 5.46. The third-order valence-electron chi connectivity index (χ3n) is 6.62. The number of ether oxygens (including phenoxy) is 1. The van der Waals surface area contributed by atoms with Crippen LogP contribution in [-0.4, -0.2) is 23.8 Å². The van der Waals surface area contributed by atoms with E-state index in [1.807, 2.05) is 67.8 Å². The Morgan fingerprint density at radius 1 is 1.09 bits per heavy atom. The molecule has 2 aromatic heterocycles. The lowest BCUT2D eigenvalue weighted by Gasteiger charge is -2.36. The molecule has 178 valence electrons. The third-order valence-corrected chi connectivity index (χ3v) is 7.55. The highest BCUT2D eigenvalue weighted by molar-refractivity contribution is 7.10. The number of carbonyl (C=O) groups excluding carboxylic acids is 2. The van der Waals surface area contributed by atoms with Crippen LogP contribution in [0.4, 0.5) is 5.82 Å². The number of hydrogen-bond donors (Lipinski definition) is 2. The maximum absolute atomic E-state index is 13.6. The molecule has 7 heteroatoms. The van der Waals surface area contributed by atoms with Crippen LogP contribution in [0.15, 0.2) is 82.5 Å². The number of allylic oxidation sites excluding steroid dienone is 3. The van der Waals surface area contributed by atoms with Gasteiger partial charge in [-0.25, -0.2) is 4.98 Å². The molecule has 35 heavy (non-hydrogen) atoms. The summed E-state index contributed by atoms with van der Waals surface area (Å²) in [4.78, 5) is 32.6. The van der Waals surface area contributed by atoms with Gasteiger partial charge in [0.2, 0.25) is 0 Å². The van der Waals surface area contributed by atoms with Crippen LogP contribution in [0.1, 0.15) is 47.7 Å². The fourth-order valence-corrected chi connectivity index (χ4v) is 5.83. The van der Waals surface area contributed by atoms with E-state index in [0.29, 0.717) is 29.8 Å². The number of hydrogen-bond acceptors (Lipinski definition) is 6. The summed E-state index contributed by atoms with van der Waals surface area (Å²) in [6, 6.07) is 17.4. The van der Waals surface area contributed by atoms with Crippen LogP contribution in [0.2, 0.25) is 0 Å². The Morgan fingerprint density at radius 3 is 2.57 bits per heavy atom. The number of benzene rings is 1. The number of anilines is 1.